The van der Waals surface area contributed by atoms with E-state index in [4.69, 9.17) is 55.9 Å². The number of oxazole rings is 1. The summed E-state index contributed by atoms with van der Waals surface area (Å²) in [6.07, 6.45) is 4.44. The van der Waals surface area contributed by atoms with Gasteiger partial charge in [-0.2, -0.15) is 4.98 Å². The molecular weight excluding hydrogens is 555 g/mol. The van der Waals surface area contributed by atoms with Crippen LogP contribution in [-0.2, 0) is 4.79 Å². The number of rotatable bonds is 5. The number of carbonyl (C=O) groups excluding carboxylic acids is 1. The lowest BCUT2D eigenvalue weighted by molar-refractivity contribution is -0.115. The standard InChI is InChI=1S/C26H15Cl3N4O3S/c27-17-9-6-14(25-33-24-21(36-25)5-2-12-30-24)13-19(17)31-26(37)32-22(34)11-8-15-7-10-20(35-15)16-3-1-4-18(28)23(16)29/h1-13H,(H2,31,32,34,37). The van der Waals surface area contributed by atoms with E-state index in [2.05, 4.69) is 20.6 Å². The SMILES string of the molecule is O=C(C=Cc1ccc(-c2cccc(Cl)c2Cl)o1)NC(=S)Nc1cc(-c2nc3ncccc3o2)ccc1Cl. The first-order valence-corrected chi connectivity index (χ1v) is 12.3. The molecule has 0 radical (unpaired) electrons. The largest absolute Gasteiger partial charge is 0.457 e. The maximum atomic E-state index is 12.4. The van der Waals surface area contributed by atoms with Gasteiger partial charge in [0.25, 0.3) is 0 Å². The van der Waals surface area contributed by atoms with Gasteiger partial charge in [-0.05, 0) is 72.9 Å². The quantitative estimate of drug-likeness (QED) is 0.166. The van der Waals surface area contributed by atoms with Crippen LogP contribution in [0, 0.1) is 0 Å². The Balaban J connectivity index is 1.24. The van der Waals surface area contributed by atoms with E-state index in [9.17, 15) is 4.79 Å². The van der Waals surface area contributed by atoms with Gasteiger partial charge in [0.1, 0.15) is 11.5 Å². The van der Waals surface area contributed by atoms with Gasteiger partial charge in [-0.25, -0.2) is 4.98 Å². The van der Waals surface area contributed by atoms with Gasteiger partial charge in [-0.1, -0.05) is 40.9 Å². The minimum Gasteiger partial charge on any atom is -0.457 e. The fourth-order valence-electron chi connectivity index (χ4n) is 3.39. The zero-order chi connectivity index (χ0) is 25.9. The Morgan fingerprint density at radius 1 is 0.973 bits per heavy atom. The highest BCUT2D eigenvalue weighted by atomic mass is 35.5. The second-order valence-electron chi connectivity index (χ2n) is 7.62. The minimum atomic E-state index is -0.464. The van der Waals surface area contributed by atoms with Gasteiger partial charge in [-0.3, -0.25) is 10.1 Å². The number of aromatic nitrogens is 2. The Bertz CT molecular complexity index is 1650. The Hall–Kier alpha value is -3.69. The first-order chi connectivity index (χ1) is 17.9. The van der Waals surface area contributed by atoms with Gasteiger partial charge < -0.3 is 14.2 Å². The number of hydrogen-bond donors (Lipinski definition) is 2. The van der Waals surface area contributed by atoms with Crippen LogP contribution in [0.2, 0.25) is 15.1 Å². The predicted octanol–water partition coefficient (Wildman–Crippen LogP) is 7.64. The fraction of sp³-hybridized carbons (Fsp3) is 0. The molecule has 0 atom stereocenters. The summed E-state index contributed by atoms with van der Waals surface area (Å²) in [5.41, 5.74) is 2.84. The van der Waals surface area contributed by atoms with Crippen LogP contribution >= 0.6 is 47.0 Å². The van der Waals surface area contributed by atoms with E-state index in [1.54, 1.807) is 66.9 Å². The van der Waals surface area contributed by atoms with Crippen molar-refractivity contribution < 1.29 is 13.6 Å². The first-order valence-electron chi connectivity index (χ1n) is 10.7. The number of hydrogen-bond acceptors (Lipinski definition) is 6. The number of pyridine rings is 1. The molecule has 2 N–H and O–H groups in total. The molecule has 0 saturated heterocycles. The molecule has 0 aliphatic carbocycles. The molecule has 5 aromatic rings. The Labute approximate surface area is 231 Å². The molecule has 1 amide bonds. The maximum Gasteiger partial charge on any atom is 0.250 e. The second-order valence-corrected chi connectivity index (χ2v) is 9.22. The monoisotopic (exact) mass is 568 g/mol. The molecule has 0 unspecified atom stereocenters. The molecule has 3 aromatic heterocycles. The highest BCUT2D eigenvalue weighted by Gasteiger charge is 2.13. The third-order valence-electron chi connectivity index (χ3n) is 5.11. The molecule has 11 heteroatoms. The summed E-state index contributed by atoms with van der Waals surface area (Å²) in [6.45, 7) is 0. The molecular formula is C26H15Cl3N4O3S. The number of fused-ring (bicyclic) bond motifs is 1. The van der Waals surface area contributed by atoms with Crippen LogP contribution in [0.3, 0.4) is 0 Å². The first kappa shape index (κ1) is 25.0. The Morgan fingerprint density at radius 2 is 1.84 bits per heavy atom. The summed E-state index contributed by atoms with van der Waals surface area (Å²) in [6, 6.07) is 17.4. The average molecular weight is 570 g/mol. The third kappa shape index (κ3) is 5.68. The van der Waals surface area contributed by atoms with Crippen LogP contribution in [0.25, 0.3) is 40.1 Å². The minimum absolute atomic E-state index is 0.0544. The average Bonchev–Trinajstić information content (AvgIpc) is 3.53. The zero-order valence-corrected chi connectivity index (χ0v) is 21.8. The smallest absolute Gasteiger partial charge is 0.250 e. The summed E-state index contributed by atoms with van der Waals surface area (Å²) in [7, 11) is 0. The summed E-state index contributed by atoms with van der Waals surface area (Å²) in [4.78, 5) is 20.9. The van der Waals surface area contributed by atoms with Crippen molar-refractivity contribution in [3.63, 3.8) is 0 Å². The van der Waals surface area contributed by atoms with Crippen LogP contribution in [0.4, 0.5) is 5.69 Å². The van der Waals surface area contributed by atoms with E-state index in [1.165, 1.54) is 12.2 Å². The van der Waals surface area contributed by atoms with Crippen LogP contribution < -0.4 is 10.6 Å². The van der Waals surface area contributed by atoms with Gasteiger partial charge in [0, 0.05) is 23.4 Å². The molecule has 0 saturated carbocycles. The second kappa shape index (κ2) is 10.7. The van der Waals surface area contributed by atoms with Crippen molar-refractivity contribution in [2.24, 2.45) is 0 Å². The summed E-state index contributed by atoms with van der Waals surface area (Å²) in [5, 5.41) is 6.75. The number of amides is 1. The third-order valence-corrected chi connectivity index (χ3v) is 6.46. The van der Waals surface area contributed by atoms with Crippen LogP contribution in [-0.4, -0.2) is 21.0 Å². The summed E-state index contributed by atoms with van der Waals surface area (Å²) >= 11 is 23.9. The van der Waals surface area contributed by atoms with Crippen molar-refractivity contribution in [3.05, 3.63) is 93.8 Å². The lowest BCUT2D eigenvalue weighted by Crippen LogP contribution is -2.32. The molecule has 2 aromatic carbocycles. The normalized spacial score (nSPS) is 11.2. The van der Waals surface area contributed by atoms with Gasteiger partial charge in [-0.15, -0.1) is 0 Å². The molecule has 7 nitrogen and oxygen atoms in total. The molecule has 0 bridgehead atoms. The molecule has 3 heterocycles. The van der Waals surface area contributed by atoms with Crippen molar-refractivity contribution in [3.8, 4) is 22.8 Å². The van der Waals surface area contributed by atoms with E-state index in [0.717, 1.165) is 0 Å². The van der Waals surface area contributed by atoms with E-state index in [-0.39, 0.29) is 5.11 Å². The molecule has 37 heavy (non-hydrogen) atoms. The van der Waals surface area contributed by atoms with Gasteiger partial charge in [0.05, 0.1) is 20.8 Å². The van der Waals surface area contributed by atoms with Crippen molar-refractivity contribution in [1.29, 1.82) is 0 Å². The summed E-state index contributed by atoms with van der Waals surface area (Å²) < 4.78 is 11.5. The van der Waals surface area contributed by atoms with Crippen LogP contribution in [0.1, 0.15) is 5.76 Å². The molecule has 0 aliphatic heterocycles. The number of thiocarbonyl (C=S) groups is 1. The number of carbonyl (C=O) groups is 1. The summed E-state index contributed by atoms with van der Waals surface area (Å²) in [5.74, 6) is 0.884. The molecule has 5 rings (SSSR count). The number of nitrogens with zero attached hydrogens (tertiary/aromatic N) is 2. The fourth-order valence-corrected chi connectivity index (χ4v) is 4.16. The van der Waals surface area contributed by atoms with Crippen molar-refractivity contribution in [2.45, 2.75) is 0 Å². The number of anilines is 1. The topological polar surface area (TPSA) is 93.2 Å². The lowest BCUT2D eigenvalue weighted by atomic mass is 10.2. The van der Waals surface area contributed by atoms with Crippen molar-refractivity contribution in [1.82, 2.24) is 15.3 Å². The van der Waals surface area contributed by atoms with Gasteiger partial charge in [0.15, 0.2) is 16.3 Å². The van der Waals surface area contributed by atoms with Crippen molar-refractivity contribution >= 4 is 81.0 Å². The Kier molecular flexibility index (Phi) is 7.25. The van der Waals surface area contributed by atoms with E-state index < -0.39 is 5.91 Å². The molecule has 0 aliphatic rings. The number of furan rings is 1. The maximum absolute atomic E-state index is 12.4. The van der Waals surface area contributed by atoms with E-state index >= 15 is 0 Å². The van der Waals surface area contributed by atoms with Crippen molar-refractivity contribution in [2.75, 3.05) is 5.32 Å². The highest BCUT2D eigenvalue weighted by molar-refractivity contribution is 7.80. The zero-order valence-electron chi connectivity index (χ0n) is 18.7. The number of halogens is 3. The highest BCUT2D eigenvalue weighted by Crippen LogP contribution is 2.34. The molecule has 0 spiro atoms. The predicted molar refractivity (Wildman–Crippen MR) is 150 cm³/mol. The number of nitrogens with one attached hydrogen (secondary N) is 2. The van der Waals surface area contributed by atoms with Crippen LogP contribution in [0.5, 0.6) is 0 Å². The number of benzene rings is 2. The van der Waals surface area contributed by atoms with Gasteiger partial charge >= 0.3 is 0 Å². The van der Waals surface area contributed by atoms with E-state index in [0.29, 0.717) is 60.5 Å². The Morgan fingerprint density at radius 3 is 2.68 bits per heavy atom. The molecule has 184 valence electrons. The van der Waals surface area contributed by atoms with Gasteiger partial charge in [0.2, 0.25) is 11.8 Å². The molecule has 0 fully saturated rings. The van der Waals surface area contributed by atoms with Crippen LogP contribution in [0.15, 0.2) is 81.8 Å². The lowest BCUT2D eigenvalue weighted by Gasteiger charge is -2.10. The van der Waals surface area contributed by atoms with E-state index in [1.807, 2.05) is 0 Å².